The number of amides is 2. The number of hydroxylamine groups is 1. The van der Waals surface area contributed by atoms with E-state index in [0.717, 1.165) is 0 Å². The molecule has 70 valence electrons. The van der Waals surface area contributed by atoms with E-state index >= 15 is 0 Å². The molecule has 0 aliphatic carbocycles. The van der Waals surface area contributed by atoms with E-state index < -0.39 is 11.8 Å². The molecular weight excluding hydrogens is 162 g/mol. The van der Waals surface area contributed by atoms with Crippen molar-refractivity contribution >= 4 is 11.8 Å². The fourth-order valence-corrected chi connectivity index (χ4v) is 0.554. The summed E-state index contributed by atoms with van der Waals surface area (Å²) in [5.74, 6) is -1.85. The maximum Gasteiger partial charge on any atom is 0.350 e. The summed E-state index contributed by atoms with van der Waals surface area (Å²) in [7, 11) is 0. The lowest BCUT2D eigenvalue weighted by Crippen LogP contribution is -2.47. The van der Waals surface area contributed by atoms with Crippen LogP contribution in [0.1, 0.15) is 13.8 Å². The molecule has 0 heterocycles. The summed E-state index contributed by atoms with van der Waals surface area (Å²) in [5.41, 5.74) is 2.26. The van der Waals surface area contributed by atoms with Gasteiger partial charge in [-0.1, -0.05) is 6.92 Å². The predicted molar refractivity (Wildman–Crippen MR) is 41.0 cm³/mol. The van der Waals surface area contributed by atoms with Crippen molar-refractivity contribution in [2.75, 3.05) is 13.1 Å². The molecule has 0 unspecified atom stereocenters. The molecule has 12 heavy (non-hydrogen) atoms. The van der Waals surface area contributed by atoms with E-state index in [1.165, 1.54) is 0 Å². The second-order valence-electron chi connectivity index (χ2n) is 1.99. The molecule has 0 bridgehead atoms. The molecule has 0 aliphatic heterocycles. The van der Waals surface area contributed by atoms with Crippen LogP contribution in [-0.4, -0.2) is 35.3 Å². The summed E-state index contributed by atoms with van der Waals surface area (Å²) in [6, 6.07) is 0. The van der Waals surface area contributed by atoms with Crippen molar-refractivity contribution in [3.63, 3.8) is 0 Å². The Morgan fingerprint density at radius 1 is 1.33 bits per heavy atom. The maximum absolute atomic E-state index is 10.8. The lowest BCUT2D eigenvalue weighted by Gasteiger charge is -2.13. The van der Waals surface area contributed by atoms with Crippen LogP contribution in [0, 0.1) is 0 Å². The number of hydrogen-bond acceptors (Lipinski definition) is 4. The Kier molecular flexibility index (Phi) is 4.98. The van der Waals surface area contributed by atoms with Gasteiger partial charge in [-0.2, -0.15) is 0 Å². The molecular formula is C6H13N3O3. The van der Waals surface area contributed by atoms with Crippen LogP contribution in [0.25, 0.3) is 0 Å². The zero-order chi connectivity index (χ0) is 9.56. The van der Waals surface area contributed by atoms with E-state index in [0.29, 0.717) is 13.1 Å². The number of hydrogen-bond donors (Lipinski definition) is 3. The van der Waals surface area contributed by atoms with Crippen molar-refractivity contribution in [1.29, 1.82) is 0 Å². The summed E-state index contributed by atoms with van der Waals surface area (Å²) < 4.78 is 0. The molecule has 0 atom stereocenters. The third kappa shape index (κ3) is 3.31. The van der Waals surface area contributed by atoms with Crippen LogP contribution < -0.4 is 10.7 Å². The molecule has 0 spiro atoms. The predicted octanol–water partition coefficient (Wildman–Crippen LogP) is -1.14. The second-order valence-corrected chi connectivity index (χ2v) is 1.99. The van der Waals surface area contributed by atoms with Gasteiger partial charge in [0.2, 0.25) is 0 Å². The van der Waals surface area contributed by atoms with Crippen LogP contribution in [0.2, 0.25) is 0 Å². The minimum absolute atomic E-state index is 0.172. The molecule has 0 aliphatic rings. The largest absolute Gasteiger partial charge is 0.350 e. The Bertz CT molecular complexity index is 171. The monoisotopic (exact) mass is 175 g/mol. The minimum atomic E-state index is -1.02. The van der Waals surface area contributed by atoms with Crippen molar-refractivity contribution in [2.45, 2.75) is 13.8 Å². The molecule has 2 amide bonds. The first kappa shape index (κ1) is 10.9. The van der Waals surface area contributed by atoms with Crippen LogP contribution in [0.3, 0.4) is 0 Å². The van der Waals surface area contributed by atoms with E-state index in [-0.39, 0.29) is 5.17 Å². The number of carbonyl (C=O) groups is 2. The first-order chi connectivity index (χ1) is 5.63. The molecule has 0 fully saturated rings. The third-order valence-corrected chi connectivity index (χ3v) is 1.03. The standard InChI is InChI=1S/C6H13N3O3/c1-3-7-5(10)6(11)9(12)8-4-2/h8,12H,3-4H2,1-2H3,(H,7,10). The van der Waals surface area contributed by atoms with Gasteiger partial charge in [0.05, 0.1) is 0 Å². The number of carbonyl (C=O) groups excluding carboxylic acids is 2. The molecule has 0 saturated carbocycles. The highest BCUT2D eigenvalue weighted by Gasteiger charge is 2.18. The van der Waals surface area contributed by atoms with Crippen LogP contribution in [0.4, 0.5) is 0 Å². The van der Waals surface area contributed by atoms with E-state index in [1.54, 1.807) is 13.8 Å². The van der Waals surface area contributed by atoms with Gasteiger partial charge in [-0.25, -0.2) is 5.43 Å². The van der Waals surface area contributed by atoms with Crippen LogP contribution in [0.15, 0.2) is 0 Å². The molecule has 0 aromatic carbocycles. The van der Waals surface area contributed by atoms with Crippen LogP contribution >= 0.6 is 0 Å². The van der Waals surface area contributed by atoms with Gasteiger partial charge >= 0.3 is 11.8 Å². The summed E-state index contributed by atoms with van der Waals surface area (Å²) in [6.07, 6.45) is 0. The number of rotatable bonds is 3. The average Bonchev–Trinajstić information content (AvgIpc) is 2.04. The molecule has 0 rings (SSSR count). The third-order valence-electron chi connectivity index (χ3n) is 1.03. The van der Waals surface area contributed by atoms with Crippen molar-refractivity contribution < 1.29 is 14.8 Å². The average molecular weight is 175 g/mol. The lowest BCUT2D eigenvalue weighted by atomic mass is 10.5. The second kappa shape index (κ2) is 5.50. The first-order valence-electron chi connectivity index (χ1n) is 3.68. The Balaban J connectivity index is 3.91. The Morgan fingerprint density at radius 2 is 1.92 bits per heavy atom. The minimum Gasteiger partial charge on any atom is -0.348 e. The number of nitrogens with one attached hydrogen (secondary N) is 2. The summed E-state index contributed by atoms with van der Waals surface area (Å²) in [6.45, 7) is 4.08. The van der Waals surface area contributed by atoms with Gasteiger partial charge in [-0.05, 0) is 6.92 Å². The number of nitrogens with zero attached hydrogens (tertiary/aromatic N) is 1. The molecule has 6 nitrogen and oxygen atoms in total. The molecule has 6 heteroatoms. The zero-order valence-electron chi connectivity index (χ0n) is 7.13. The van der Waals surface area contributed by atoms with Gasteiger partial charge in [-0.3, -0.25) is 14.8 Å². The van der Waals surface area contributed by atoms with E-state index in [1.807, 2.05) is 0 Å². The van der Waals surface area contributed by atoms with Crippen molar-refractivity contribution in [2.24, 2.45) is 0 Å². The van der Waals surface area contributed by atoms with Gasteiger partial charge < -0.3 is 5.32 Å². The van der Waals surface area contributed by atoms with E-state index in [4.69, 9.17) is 5.21 Å². The quantitative estimate of drug-likeness (QED) is 0.288. The van der Waals surface area contributed by atoms with Gasteiger partial charge in [0.1, 0.15) is 0 Å². The van der Waals surface area contributed by atoms with Gasteiger partial charge in [0.25, 0.3) is 0 Å². The van der Waals surface area contributed by atoms with Crippen LogP contribution in [0.5, 0.6) is 0 Å². The fourth-order valence-electron chi connectivity index (χ4n) is 0.554. The summed E-state index contributed by atoms with van der Waals surface area (Å²) >= 11 is 0. The fraction of sp³-hybridized carbons (Fsp3) is 0.667. The highest BCUT2D eigenvalue weighted by Crippen LogP contribution is 1.78. The SMILES string of the molecule is CCNC(=O)C(=O)N(O)NCC. The van der Waals surface area contributed by atoms with Crippen molar-refractivity contribution in [3.8, 4) is 0 Å². The summed E-state index contributed by atoms with van der Waals surface area (Å²) in [4.78, 5) is 21.6. The molecule has 0 saturated heterocycles. The Labute approximate surface area is 70.5 Å². The van der Waals surface area contributed by atoms with Gasteiger partial charge in [0.15, 0.2) is 0 Å². The maximum atomic E-state index is 10.8. The number of hydrazine groups is 1. The molecule has 0 aromatic heterocycles. The van der Waals surface area contributed by atoms with Crippen LogP contribution in [-0.2, 0) is 9.59 Å². The first-order valence-corrected chi connectivity index (χ1v) is 3.68. The Hall–Kier alpha value is -1.14. The van der Waals surface area contributed by atoms with E-state index in [2.05, 4.69) is 10.7 Å². The van der Waals surface area contributed by atoms with Gasteiger partial charge in [-0.15, -0.1) is 5.17 Å². The normalized spacial score (nSPS) is 9.25. The molecule has 0 aromatic rings. The smallest absolute Gasteiger partial charge is 0.348 e. The molecule has 0 radical (unpaired) electrons. The highest BCUT2D eigenvalue weighted by molar-refractivity contribution is 6.34. The molecule has 3 N–H and O–H groups in total. The topological polar surface area (TPSA) is 81.7 Å². The zero-order valence-corrected chi connectivity index (χ0v) is 7.13. The lowest BCUT2D eigenvalue weighted by molar-refractivity contribution is -0.182. The van der Waals surface area contributed by atoms with Crippen molar-refractivity contribution in [1.82, 2.24) is 15.9 Å². The summed E-state index contributed by atoms with van der Waals surface area (Å²) in [5, 5.41) is 11.3. The van der Waals surface area contributed by atoms with Gasteiger partial charge in [0, 0.05) is 13.1 Å². The van der Waals surface area contributed by atoms with Crippen molar-refractivity contribution in [3.05, 3.63) is 0 Å². The number of likely N-dealkylation sites (N-methyl/N-ethyl adjacent to an activating group) is 1. The Morgan fingerprint density at radius 3 is 2.33 bits per heavy atom. The van der Waals surface area contributed by atoms with E-state index in [9.17, 15) is 9.59 Å². The highest BCUT2D eigenvalue weighted by atomic mass is 16.6.